The molecule has 0 bridgehead atoms. The number of hydrogen-bond donors (Lipinski definition) is 4. The molecule has 10 heteroatoms. The average molecular weight is 495 g/mol. The van der Waals surface area contributed by atoms with Gasteiger partial charge in [-0.3, -0.25) is 0 Å². The monoisotopic (exact) mass is 494 g/mol. The van der Waals surface area contributed by atoms with Gasteiger partial charge in [0.2, 0.25) is 0 Å². The highest BCUT2D eigenvalue weighted by molar-refractivity contribution is 5.85. The molecule has 0 heterocycles. The third-order valence-corrected chi connectivity index (χ3v) is 1.30. The Morgan fingerprint density at radius 3 is 0.727 bits per heavy atom. The minimum absolute atomic E-state index is 0. The molecule has 10 nitrogen and oxygen atoms in total. The molecule has 212 valence electrons. The molecule has 0 spiro atoms. The van der Waals surface area contributed by atoms with E-state index in [9.17, 15) is 19.2 Å². The molecule has 0 aliphatic carbocycles. The van der Waals surface area contributed by atoms with Crippen LogP contribution in [0.15, 0.2) is 24.3 Å². The molecule has 2 amide bonds. The zero-order chi connectivity index (χ0) is 20.3. The number of carboxylic acid groups (broad SMARTS) is 2. The van der Waals surface area contributed by atoms with Crippen molar-refractivity contribution in [3.05, 3.63) is 24.3 Å². The fourth-order valence-electron chi connectivity index (χ4n) is 0.285. The van der Waals surface area contributed by atoms with E-state index in [4.69, 9.17) is 10.2 Å². The number of hydrogen-bond acceptors (Lipinski definition) is 6. The molecular weight excluding hydrogens is 432 g/mol. The number of aliphatic carboxylic acids is 2. The van der Waals surface area contributed by atoms with Gasteiger partial charge in [0.05, 0.1) is 13.2 Å². The van der Waals surface area contributed by atoms with E-state index in [2.05, 4.69) is 34.1 Å². The third-order valence-electron chi connectivity index (χ3n) is 1.30. The minimum Gasteiger partial charge on any atom is -0.478 e. The second-order valence-corrected chi connectivity index (χ2v) is 3.68. The van der Waals surface area contributed by atoms with Crippen LogP contribution >= 0.6 is 0 Å². The summed E-state index contributed by atoms with van der Waals surface area (Å²) in [6, 6.07) is 0. The molecule has 33 heavy (non-hydrogen) atoms. The fraction of sp³-hybridized carbons (Fsp3) is 0.652. The van der Waals surface area contributed by atoms with Crippen molar-refractivity contribution in [2.24, 2.45) is 11.5 Å². The first-order valence-electron chi connectivity index (χ1n) is 6.45. The van der Waals surface area contributed by atoms with E-state index in [1.807, 2.05) is 0 Å². The Balaban J connectivity index is -0.0000000135. The zero-order valence-electron chi connectivity index (χ0n) is 14.3. The summed E-state index contributed by atoms with van der Waals surface area (Å²) < 4.78 is 8.36. The Bertz CT molecular complexity index is 374. The van der Waals surface area contributed by atoms with Crippen LogP contribution in [0.5, 0.6) is 0 Å². The Hall–Kier alpha value is -3.04. The van der Waals surface area contributed by atoms with Crippen molar-refractivity contribution < 1.29 is 38.9 Å². The first-order valence-corrected chi connectivity index (χ1v) is 6.45. The second kappa shape index (κ2) is 63.0. The normalized spacial score (nSPS) is 5.45. The van der Waals surface area contributed by atoms with Crippen molar-refractivity contribution in [3.63, 3.8) is 0 Å². The van der Waals surface area contributed by atoms with Gasteiger partial charge >= 0.3 is 24.1 Å². The summed E-state index contributed by atoms with van der Waals surface area (Å²) >= 11 is 0. The lowest BCUT2D eigenvalue weighted by molar-refractivity contribution is -0.133. The summed E-state index contributed by atoms with van der Waals surface area (Å²) in [4.78, 5) is 38.4. The summed E-state index contributed by atoms with van der Waals surface area (Å²) in [5.41, 5.74) is 9.44. The van der Waals surface area contributed by atoms with Crippen LogP contribution in [0.25, 0.3) is 0 Å². The predicted molar refractivity (Wildman–Crippen MR) is 148 cm³/mol. The maximum absolute atomic E-state index is 9.60. The number of amides is 2. The molecule has 0 fully saturated rings. The van der Waals surface area contributed by atoms with Crippen molar-refractivity contribution in [3.8, 4) is 0 Å². The Kier molecular flexibility index (Phi) is 167. The number of ether oxygens (including phenoxy) is 2. The van der Waals surface area contributed by atoms with Crippen molar-refractivity contribution in [2.45, 2.75) is 94.5 Å². The number of carbonyl (C=O) groups excluding carboxylic acids is 2. The largest absolute Gasteiger partial charge is 0.478 e. The molecule has 0 saturated heterocycles. The van der Waals surface area contributed by atoms with Crippen molar-refractivity contribution in [1.82, 2.24) is 0 Å². The van der Waals surface area contributed by atoms with Crippen LogP contribution in [-0.4, -0.2) is 47.6 Å². The molecule has 6 N–H and O–H groups in total. The van der Waals surface area contributed by atoms with Gasteiger partial charge in [-0.05, 0) is 27.7 Å². The van der Waals surface area contributed by atoms with E-state index in [1.54, 1.807) is 13.8 Å². The van der Waals surface area contributed by atoms with Gasteiger partial charge in [-0.15, -0.1) is 0 Å². The summed E-state index contributed by atoms with van der Waals surface area (Å²) in [5.74, 6) is -1.87. The molecular formula is C23H62N2O8. The quantitative estimate of drug-likeness (QED) is 0.295. The predicted octanol–water partition coefficient (Wildman–Crippen LogP) is 7.22. The van der Waals surface area contributed by atoms with Crippen LogP contribution in [0, 0.1) is 0 Å². The van der Waals surface area contributed by atoms with Gasteiger partial charge in [0, 0.05) is 11.1 Å². The Morgan fingerprint density at radius 2 is 0.727 bits per heavy atom. The van der Waals surface area contributed by atoms with E-state index < -0.39 is 24.1 Å². The average Bonchev–Trinajstić information content (AvgIpc) is 2.40. The van der Waals surface area contributed by atoms with Gasteiger partial charge in [0.15, 0.2) is 0 Å². The highest BCUT2D eigenvalue weighted by Gasteiger charge is 1.90. The summed E-state index contributed by atoms with van der Waals surface area (Å²) in [6.07, 6.45) is -1.42. The molecule has 0 atom stereocenters. The van der Waals surface area contributed by atoms with E-state index in [0.717, 1.165) is 0 Å². The highest BCUT2D eigenvalue weighted by atomic mass is 16.5. The molecule has 0 unspecified atom stereocenters. The van der Waals surface area contributed by atoms with Crippen LogP contribution in [0.2, 0.25) is 0 Å². The minimum atomic E-state index is -0.935. The third kappa shape index (κ3) is 175. The molecule has 0 aromatic rings. The van der Waals surface area contributed by atoms with Gasteiger partial charge in [0.25, 0.3) is 0 Å². The molecule has 0 aliphatic heterocycles. The number of carboxylic acids is 2. The van der Waals surface area contributed by atoms with Gasteiger partial charge in [-0.2, -0.15) is 0 Å². The summed E-state index contributed by atoms with van der Waals surface area (Å²) in [5, 5.41) is 15.8. The maximum atomic E-state index is 9.60. The fourth-order valence-corrected chi connectivity index (χ4v) is 0.285. The summed E-state index contributed by atoms with van der Waals surface area (Å²) in [7, 11) is 0. The van der Waals surface area contributed by atoms with Crippen LogP contribution in [0.4, 0.5) is 9.59 Å². The lowest BCUT2D eigenvalue weighted by Gasteiger charge is -1.89. The van der Waals surface area contributed by atoms with Crippen molar-refractivity contribution >= 4 is 24.1 Å². The molecule has 0 radical (unpaired) electrons. The lowest BCUT2D eigenvalue weighted by Crippen LogP contribution is -2.11. The standard InChI is InChI=1S/2C4H6O2.2C3H7NO2.9CH4/c2*1-3(2)4(5)6;2*1-2-6-3(4)5;;;;;;;;;/h2*1H2,2H3,(H,5,6);2*2H2,1H3,(H2,4,5);9*1H4. The number of rotatable bonds is 4. The molecule has 0 aromatic carbocycles. The van der Waals surface area contributed by atoms with Gasteiger partial charge in [-0.1, -0.05) is 80.0 Å². The van der Waals surface area contributed by atoms with Crippen LogP contribution < -0.4 is 11.5 Å². The number of carbonyl (C=O) groups is 4. The van der Waals surface area contributed by atoms with Gasteiger partial charge in [0.1, 0.15) is 0 Å². The van der Waals surface area contributed by atoms with E-state index >= 15 is 0 Å². The number of nitrogens with two attached hydrogens (primary N) is 2. The molecule has 0 aliphatic rings. The maximum Gasteiger partial charge on any atom is 0.404 e. The first-order chi connectivity index (χ1) is 10.8. The highest BCUT2D eigenvalue weighted by Crippen LogP contribution is 1.81. The zero-order valence-corrected chi connectivity index (χ0v) is 14.3. The van der Waals surface area contributed by atoms with E-state index in [-0.39, 0.29) is 78.0 Å². The van der Waals surface area contributed by atoms with Gasteiger partial charge < -0.3 is 31.2 Å². The number of primary amides is 2. The van der Waals surface area contributed by atoms with Gasteiger partial charge in [-0.25, -0.2) is 19.2 Å². The summed E-state index contributed by atoms with van der Waals surface area (Å²) in [6.45, 7) is 13.3. The first kappa shape index (κ1) is 87.4. The van der Waals surface area contributed by atoms with Crippen LogP contribution in [-0.2, 0) is 19.1 Å². The van der Waals surface area contributed by atoms with Crippen molar-refractivity contribution in [2.75, 3.05) is 13.2 Å². The Labute approximate surface area is 207 Å². The van der Waals surface area contributed by atoms with Crippen LogP contribution in [0.3, 0.4) is 0 Å². The SMILES string of the molecule is C.C.C.C.C.C.C.C.C.C=C(C)C(=O)O.C=C(C)C(=O)O.CCOC(N)=O.CCOC(N)=O. The second-order valence-electron chi connectivity index (χ2n) is 3.68. The topological polar surface area (TPSA) is 179 Å². The lowest BCUT2D eigenvalue weighted by atomic mass is 10.4. The Morgan fingerprint density at radius 1 is 0.606 bits per heavy atom. The van der Waals surface area contributed by atoms with Crippen LogP contribution in [0.1, 0.15) is 94.5 Å². The van der Waals surface area contributed by atoms with Crippen molar-refractivity contribution in [1.29, 1.82) is 0 Å². The van der Waals surface area contributed by atoms with E-state index in [1.165, 1.54) is 13.8 Å². The van der Waals surface area contributed by atoms with E-state index in [0.29, 0.717) is 13.2 Å². The molecule has 0 aromatic heterocycles. The smallest absolute Gasteiger partial charge is 0.404 e. The molecule has 0 rings (SSSR count). The molecule has 0 saturated carbocycles.